The van der Waals surface area contributed by atoms with Crippen LogP contribution >= 0.6 is 15.9 Å². The summed E-state index contributed by atoms with van der Waals surface area (Å²) in [6.45, 7) is 2.43. The number of rotatable bonds is 8. The molecule has 0 unspecified atom stereocenters. The molecule has 7 nitrogen and oxygen atoms in total. The molecule has 3 rings (SSSR count). The first-order valence-corrected chi connectivity index (χ1v) is 10.5. The molecule has 0 heterocycles. The maximum atomic E-state index is 12.5. The third kappa shape index (κ3) is 6.18. The highest BCUT2D eigenvalue weighted by Crippen LogP contribution is 2.23. The van der Waals surface area contributed by atoms with Crippen molar-refractivity contribution in [2.24, 2.45) is 5.10 Å². The SMILES string of the molecule is CCOc1ccc(C(=O)Oc2ccc(Br)cc2/C=N/NC(=O)c2cccc(OC)c2)cc1. The average molecular weight is 497 g/mol. The van der Waals surface area contributed by atoms with E-state index in [2.05, 4.69) is 26.5 Å². The fraction of sp³-hybridized carbons (Fsp3) is 0.125. The maximum absolute atomic E-state index is 12.5. The molecule has 0 radical (unpaired) electrons. The number of hydrazone groups is 1. The Balaban J connectivity index is 1.71. The molecule has 0 saturated carbocycles. The summed E-state index contributed by atoms with van der Waals surface area (Å²) in [5, 5.41) is 3.99. The van der Waals surface area contributed by atoms with Crippen molar-refractivity contribution in [2.45, 2.75) is 6.92 Å². The van der Waals surface area contributed by atoms with Gasteiger partial charge in [-0.05, 0) is 67.6 Å². The van der Waals surface area contributed by atoms with Crippen LogP contribution < -0.4 is 19.6 Å². The number of amides is 1. The van der Waals surface area contributed by atoms with Crippen LogP contribution in [0.5, 0.6) is 17.2 Å². The largest absolute Gasteiger partial charge is 0.497 e. The Morgan fingerprint density at radius 2 is 1.78 bits per heavy atom. The van der Waals surface area contributed by atoms with Crippen molar-refractivity contribution in [3.63, 3.8) is 0 Å². The molecule has 3 aromatic rings. The third-order valence-corrected chi connectivity index (χ3v) is 4.77. The Bertz CT molecular complexity index is 1130. The van der Waals surface area contributed by atoms with Crippen molar-refractivity contribution in [3.05, 3.63) is 87.9 Å². The number of carbonyl (C=O) groups is 2. The number of hydrogen-bond donors (Lipinski definition) is 1. The summed E-state index contributed by atoms with van der Waals surface area (Å²) < 4.78 is 16.8. The minimum atomic E-state index is -0.523. The van der Waals surface area contributed by atoms with Crippen LogP contribution in [0.3, 0.4) is 0 Å². The second kappa shape index (κ2) is 11.1. The number of nitrogens with zero attached hydrogens (tertiary/aromatic N) is 1. The zero-order valence-electron chi connectivity index (χ0n) is 17.5. The van der Waals surface area contributed by atoms with Crippen LogP contribution in [0.15, 0.2) is 76.3 Å². The molecule has 32 heavy (non-hydrogen) atoms. The smallest absolute Gasteiger partial charge is 0.343 e. The highest BCUT2D eigenvalue weighted by molar-refractivity contribution is 9.10. The van der Waals surface area contributed by atoms with Crippen LogP contribution in [-0.4, -0.2) is 31.8 Å². The normalized spacial score (nSPS) is 10.6. The molecule has 1 N–H and O–H groups in total. The van der Waals surface area contributed by atoms with E-state index in [1.165, 1.54) is 13.3 Å². The lowest BCUT2D eigenvalue weighted by Gasteiger charge is -2.09. The summed E-state index contributed by atoms with van der Waals surface area (Å²) >= 11 is 3.39. The van der Waals surface area contributed by atoms with Gasteiger partial charge in [0.2, 0.25) is 0 Å². The minimum Gasteiger partial charge on any atom is -0.497 e. The standard InChI is InChI=1S/C24H21BrN2O5/c1-3-31-20-10-7-16(8-11-20)24(29)32-22-12-9-19(25)13-18(22)15-26-27-23(28)17-5-4-6-21(14-17)30-2/h4-15H,3H2,1-2H3,(H,27,28)/b26-15+. The van der Waals surface area contributed by atoms with Crippen LogP contribution in [-0.2, 0) is 0 Å². The highest BCUT2D eigenvalue weighted by atomic mass is 79.9. The molecule has 8 heteroatoms. The van der Waals surface area contributed by atoms with Crippen molar-refractivity contribution in [1.82, 2.24) is 5.43 Å². The van der Waals surface area contributed by atoms with Gasteiger partial charge in [-0.1, -0.05) is 22.0 Å². The molecule has 0 aliphatic rings. The summed E-state index contributed by atoms with van der Waals surface area (Å²) in [6.07, 6.45) is 1.41. The lowest BCUT2D eigenvalue weighted by molar-refractivity contribution is 0.0734. The molecule has 0 bridgehead atoms. The molecule has 0 aliphatic carbocycles. The molecule has 164 valence electrons. The predicted octanol–water partition coefficient (Wildman–Crippen LogP) is 4.84. The number of esters is 1. The fourth-order valence-corrected chi connectivity index (χ4v) is 3.09. The van der Waals surface area contributed by atoms with E-state index in [9.17, 15) is 9.59 Å². The van der Waals surface area contributed by atoms with Gasteiger partial charge in [-0.3, -0.25) is 4.79 Å². The van der Waals surface area contributed by atoms with Crippen LogP contribution in [0.2, 0.25) is 0 Å². The summed E-state index contributed by atoms with van der Waals surface area (Å²) in [5.41, 5.74) is 3.74. The Labute approximate surface area is 194 Å². The first kappa shape index (κ1) is 23.0. The molecule has 0 aromatic heterocycles. The van der Waals surface area contributed by atoms with E-state index in [0.29, 0.717) is 40.5 Å². The van der Waals surface area contributed by atoms with Crippen LogP contribution in [0.4, 0.5) is 0 Å². The number of methoxy groups -OCH3 is 1. The highest BCUT2D eigenvalue weighted by Gasteiger charge is 2.12. The quantitative estimate of drug-likeness (QED) is 0.208. The molecule has 0 fully saturated rings. The Kier molecular flexibility index (Phi) is 7.99. The van der Waals surface area contributed by atoms with E-state index in [1.54, 1.807) is 66.7 Å². The van der Waals surface area contributed by atoms with Crippen molar-refractivity contribution in [1.29, 1.82) is 0 Å². The molecule has 1 amide bonds. The lowest BCUT2D eigenvalue weighted by atomic mass is 10.2. The zero-order valence-corrected chi connectivity index (χ0v) is 19.1. The van der Waals surface area contributed by atoms with E-state index in [4.69, 9.17) is 14.2 Å². The van der Waals surface area contributed by atoms with Gasteiger partial charge in [-0.15, -0.1) is 0 Å². The molecule has 0 spiro atoms. The van der Waals surface area contributed by atoms with Gasteiger partial charge in [0.1, 0.15) is 17.2 Å². The number of carbonyl (C=O) groups excluding carboxylic acids is 2. The third-order valence-electron chi connectivity index (χ3n) is 4.28. The summed E-state index contributed by atoms with van der Waals surface area (Å²) in [7, 11) is 1.53. The molecular formula is C24H21BrN2O5. The number of ether oxygens (including phenoxy) is 3. The Morgan fingerprint density at radius 1 is 1.00 bits per heavy atom. The molecule has 0 aliphatic heterocycles. The van der Waals surface area contributed by atoms with Gasteiger partial charge >= 0.3 is 5.97 Å². The second-order valence-corrected chi connectivity index (χ2v) is 7.38. The summed E-state index contributed by atoms with van der Waals surface area (Å²) in [6, 6.07) is 18.5. The second-order valence-electron chi connectivity index (χ2n) is 6.46. The van der Waals surface area contributed by atoms with Crippen molar-refractivity contribution >= 4 is 34.0 Å². The maximum Gasteiger partial charge on any atom is 0.343 e. The van der Waals surface area contributed by atoms with Crippen molar-refractivity contribution in [2.75, 3.05) is 13.7 Å². The van der Waals surface area contributed by atoms with Crippen LogP contribution in [0, 0.1) is 0 Å². The van der Waals surface area contributed by atoms with Gasteiger partial charge in [-0.25, -0.2) is 10.2 Å². The van der Waals surface area contributed by atoms with Crippen molar-refractivity contribution in [3.8, 4) is 17.2 Å². The monoisotopic (exact) mass is 496 g/mol. The van der Waals surface area contributed by atoms with Gasteiger partial charge in [0.05, 0.1) is 25.5 Å². The first-order valence-electron chi connectivity index (χ1n) is 9.72. The molecule has 0 saturated heterocycles. The molecule has 3 aromatic carbocycles. The lowest BCUT2D eigenvalue weighted by Crippen LogP contribution is -2.17. The van der Waals surface area contributed by atoms with Gasteiger partial charge in [-0.2, -0.15) is 5.10 Å². The fourth-order valence-electron chi connectivity index (χ4n) is 2.72. The number of hydrogen-bond acceptors (Lipinski definition) is 6. The molecular weight excluding hydrogens is 476 g/mol. The summed E-state index contributed by atoms with van der Waals surface area (Å²) in [4.78, 5) is 24.9. The number of halogens is 1. The van der Waals surface area contributed by atoms with Gasteiger partial charge in [0.15, 0.2) is 0 Å². The van der Waals surface area contributed by atoms with Gasteiger partial charge in [0.25, 0.3) is 5.91 Å². The number of nitrogens with one attached hydrogen (secondary N) is 1. The Hall–Kier alpha value is -3.65. The first-order chi connectivity index (χ1) is 15.5. The summed E-state index contributed by atoms with van der Waals surface area (Å²) in [5.74, 6) is 0.615. The molecule has 0 atom stereocenters. The van der Waals surface area contributed by atoms with Crippen LogP contribution in [0.1, 0.15) is 33.2 Å². The topological polar surface area (TPSA) is 86.2 Å². The van der Waals surface area contributed by atoms with E-state index in [0.717, 1.165) is 4.47 Å². The van der Waals surface area contributed by atoms with E-state index in [-0.39, 0.29) is 0 Å². The van der Waals surface area contributed by atoms with E-state index in [1.807, 2.05) is 6.92 Å². The zero-order chi connectivity index (χ0) is 22.9. The minimum absolute atomic E-state index is 0.298. The number of benzene rings is 3. The van der Waals surface area contributed by atoms with Gasteiger partial charge < -0.3 is 14.2 Å². The van der Waals surface area contributed by atoms with Gasteiger partial charge in [0, 0.05) is 15.6 Å². The van der Waals surface area contributed by atoms with Crippen molar-refractivity contribution < 1.29 is 23.8 Å². The average Bonchev–Trinajstić information content (AvgIpc) is 2.81. The van der Waals surface area contributed by atoms with Crippen LogP contribution in [0.25, 0.3) is 0 Å². The van der Waals surface area contributed by atoms with E-state index >= 15 is 0 Å². The Morgan fingerprint density at radius 3 is 2.50 bits per heavy atom. The predicted molar refractivity (Wildman–Crippen MR) is 125 cm³/mol. The van der Waals surface area contributed by atoms with E-state index < -0.39 is 11.9 Å².